The van der Waals surface area contributed by atoms with E-state index in [1.807, 2.05) is 19.1 Å². The minimum Gasteiger partial charge on any atom is -0.357 e. The summed E-state index contributed by atoms with van der Waals surface area (Å²) in [5.74, 6) is 1.54. The van der Waals surface area contributed by atoms with E-state index in [4.69, 9.17) is 0 Å². The molecule has 0 unspecified atom stereocenters. The van der Waals surface area contributed by atoms with Crippen LogP contribution in [-0.4, -0.2) is 52.1 Å². The van der Waals surface area contributed by atoms with Crippen molar-refractivity contribution in [2.75, 3.05) is 25.0 Å². The summed E-state index contributed by atoms with van der Waals surface area (Å²) < 4.78 is 0. The van der Waals surface area contributed by atoms with Gasteiger partial charge in [0, 0.05) is 55.2 Å². The Labute approximate surface area is 155 Å². The van der Waals surface area contributed by atoms with Crippen LogP contribution in [-0.2, 0) is 0 Å². The first kappa shape index (κ1) is 18.6. The zero-order chi connectivity index (χ0) is 18.8. The van der Waals surface area contributed by atoms with Crippen molar-refractivity contribution in [2.45, 2.75) is 52.6 Å². The van der Waals surface area contributed by atoms with E-state index in [9.17, 15) is 4.79 Å². The SMILES string of the molecule is Cc1nc(-c2ccc(N(C)C3CCN(C(C)C)CC3)nc2)[nH]c(=O)c1C. The number of aryl methyl sites for hydroxylation is 1. The zero-order valence-corrected chi connectivity index (χ0v) is 16.4. The van der Waals surface area contributed by atoms with Crippen LogP contribution in [0, 0.1) is 13.8 Å². The molecule has 140 valence electrons. The topological polar surface area (TPSA) is 65.1 Å². The fourth-order valence-electron chi connectivity index (χ4n) is 3.49. The zero-order valence-electron chi connectivity index (χ0n) is 16.4. The summed E-state index contributed by atoms with van der Waals surface area (Å²) in [5.41, 5.74) is 2.15. The number of likely N-dealkylation sites (tertiary alicyclic amines) is 1. The van der Waals surface area contributed by atoms with E-state index in [-0.39, 0.29) is 5.56 Å². The first-order valence-corrected chi connectivity index (χ1v) is 9.37. The lowest BCUT2D eigenvalue weighted by Crippen LogP contribution is -2.45. The number of H-pyrrole nitrogens is 1. The number of hydrogen-bond acceptors (Lipinski definition) is 5. The molecule has 2 aromatic heterocycles. The Hall–Kier alpha value is -2.21. The lowest BCUT2D eigenvalue weighted by atomic mass is 10.0. The minimum atomic E-state index is -0.0920. The molecule has 2 aromatic rings. The van der Waals surface area contributed by atoms with E-state index in [1.165, 1.54) is 0 Å². The van der Waals surface area contributed by atoms with Crippen LogP contribution in [0.5, 0.6) is 0 Å². The van der Waals surface area contributed by atoms with Crippen molar-refractivity contribution in [3.05, 3.63) is 39.9 Å². The Morgan fingerprint density at radius 1 is 1.23 bits per heavy atom. The largest absolute Gasteiger partial charge is 0.357 e. The van der Waals surface area contributed by atoms with Gasteiger partial charge in [-0.3, -0.25) is 4.79 Å². The molecule has 1 N–H and O–H groups in total. The average Bonchev–Trinajstić information content (AvgIpc) is 2.65. The Balaban J connectivity index is 1.73. The summed E-state index contributed by atoms with van der Waals surface area (Å²) in [6.07, 6.45) is 4.11. The number of pyridine rings is 1. The van der Waals surface area contributed by atoms with Crippen LogP contribution in [0.3, 0.4) is 0 Å². The molecule has 0 bridgehead atoms. The van der Waals surface area contributed by atoms with Gasteiger partial charge < -0.3 is 14.8 Å². The second-order valence-electron chi connectivity index (χ2n) is 7.50. The van der Waals surface area contributed by atoms with Crippen LogP contribution in [0.4, 0.5) is 5.82 Å². The number of anilines is 1. The summed E-state index contributed by atoms with van der Waals surface area (Å²) in [7, 11) is 2.12. The maximum absolute atomic E-state index is 12.0. The molecule has 3 rings (SSSR count). The molecule has 0 spiro atoms. The van der Waals surface area contributed by atoms with Crippen molar-refractivity contribution >= 4 is 5.82 Å². The van der Waals surface area contributed by atoms with Crippen molar-refractivity contribution in [1.29, 1.82) is 0 Å². The Morgan fingerprint density at radius 3 is 2.46 bits per heavy atom. The number of nitrogens with zero attached hydrogens (tertiary/aromatic N) is 4. The molecule has 1 saturated heterocycles. The molecule has 1 fully saturated rings. The van der Waals surface area contributed by atoms with Crippen LogP contribution in [0.15, 0.2) is 23.1 Å². The normalized spacial score (nSPS) is 16.2. The standard InChI is InChI=1S/C20H29N5O/c1-13(2)25-10-8-17(9-11-25)24(5)18-7-6-16(12-21-18)19-22-15(4)14(3)20(26)23-19/h6-7,12-13,17H,8-11H2,1-5H3,(H,22,23,26). The van der Waals surface area contributed by atoms with E-state index in [2.05, 4.69) is 45.6 Å². The molecule has 0 saturated carbocycles. The molecule has 1 aliphatic heterocycles. The lowest BCUT2D eigenvalue weighted by molar-refractivity contribution is 0.171. The number of hydrogen-bond donors (Lipinski definition) is 1. The monoisotopic (exact) mass is 355 g/mol. The van der Waals surface area contributed by atoms with Crippen molar-refractivity contribution in [3.63, 3.8) is 0 Å². The number of aromatic amines is 1. The van der Waals surface area contributed by atoms with E-state index < -0.39 is 0 Å². The maximum Gasteiger partial charge on any atom is 0.254 e. The second kappa shape index (κ2) is 7.58. The number of piperidine rings is 1. The summed E-state index contributed by atoms with van der Waals surface area (Å²) in [6, 6.07) is 5.13. The highest BCUT2D eigenvalue weighted by molar-refractivity contribution is 5.56. The van der Waals surface area contributed by atoms with E-state index >= 15 is 0 Å². The highest BCUT2D eigenvalue weighted by Crippen LogP contribution is 2.23. The fourth-order valence-corrected chi connectivity index (χ4v) is 3.49. The van der Waals surface area contributed by atoms with Gasteiger partial charge in [-0.15, -0.1) is 0 Å². The number of nitrogens with one attached hydrogen (secondary N) is 1. The van der Waals surface area contributed by atoms with Crippen molar-refractivity contribution < 1.29 is 0 Å². The van der Waals surface area contributed by atoms with Gasteiger partial charge in [-0.25, -0.2) is 9.97 Å². The van der Waals surface area contributed by atoms with Gasteiger partial charge in [0.2, 0.25) is 0 Å². The molecule has 6 nitrogen and oxygen atoms in total. The van der Waals surface area contributed by atoms with Crippen LogP contribution in [0.25, 0.3) is 11.4 Å². The summed E-state index contributed by atoms with van der Waals surface area (Å²) in [5, 5.41) is 0. The van der Waals surface area contributed by atoms with Crippen molar-refractivity contribution in [1.82, 2.24) is 19.9 Å². The highest BCUT2D eigenvalue weighted by atomic mass is 16.1. The van der Waals surface area contributed by atoms with Crippen molar-refractivity contribution in [2.24, 2.45) is 0 Å². The minimum absolute atomic E-state index is 0.0920. The van der Waals surface area contributed by atoms with Gasteiger partial charge in [0.25, 0.3) is 5.56 Å². The summed E-state index contributed by atoms with van der Waals surface area (Å²) >= 11 is 0. The third-order valence-electron chi connectivity index (χ3n) is 5.55. The molecule has 6 heteroatoms. The predicted octanol–water partition coefficient (Wildman–Crippen LogP) is 2.76. The fraction of sp³-hybridized carbons (Fsp3) is 0.550. The second-order valence-corrected chi connectivity index (χ2v) is 7.50. The lowest BCUT2D eigenvalue weighted by Gasteiger charge is -2.39. The van der Waals surface area contributed by atoms with Gasteiger partial charge in [0.1, 0.15) is 11.6 Å². The average molecular weight is 355 g/mol. The third-order valence-corrected chi connectivity index (χ3v) is 5.55. The van der Waals surface area contributed by atoms with Gasteiger partial charge in [-0.2, -0.15) is 0 Å². The molecule has 26 heavy (non-hydrogen) atoms. The van der Waals surface area contributed by atoms with Crippen LogP contribution in [0.1, 0.15) is 37.9 Å². The molecule has 0 amide bonds. The van der Waals surface area contributed by atoms with E-state index in [0.717, 1.165) is 43.0 Å². The van der Waals surface area contributed by atoms with Gasteiger partial charge in [-0.05, 0) is 52.7 Å². The maximum atomic E-state index is 12.0. The van der Waals surface area contributed by atoms with E-state index in [0.29, 0.717) is 23.5 Å². The Kier molecular flexibility index (Phi) is 5.41. The smallest absolute Gasteiger partial charge is 0.254 e. The molecule has 1 aliphatic rings. The summed E-state index contributed by atoms with van der Waals surface area (Å²) in [4.78, 5) is 28.7. The van der Waals surface area contributed by atoms with Crippen LogP contribution < -0.4 is 10.5 Å². The third kappa shape index (κ3) is 3.80. The molecular formula is C20H29N5O. The van der Waals surface area contributed by atoms with Gasteiger partial charge in [0.05, 0.1) is 0 Å². The first-order valence-electron chi connectivity index (χ1n) is 9.37. The molecule has 3 heterocycles. The summed E-state index contributed by atoms with van der Waals surface area (Å²) in [6.45, 7) is 10.4. The quantitative estimate of drug-likeness (QED) is 0.913. The Bertz CT molecular complexity index is 804. The molecule has 0 aromatic carbocycles. The molecule has 0 aliphatic carbocycles. The Morgan fingerprint density at radius 2 is 1.92 bits per heavy atom. The molecule has 0 radical (unpaired) electrons. The number of aromatic nitrogens is 3. The van der Waals surface area contributed by atoms with Gasteiger partial charge >= 0.3 is 0 Å². The van der Waals surface area contributed by atoms with Crippen molar-refractivity contribution in [3.8, 4) is 11.4 Å². The highest BCUT2D eigenvalue weighted by Gasteiger charge is 2.24. The van der Waals surface area contributed by atoms with E-state index in [1.54, 1.807) is 13.1 Å². The van der Waals surface area contributed by atoms with Gasteiger partial charge in [-0.1, -0.05) is 0 Å². The predicted molar refractivity (Wildman–Crippen MR) is 106 cm³/mol. The van der Waals surface area contributed by atoms with Gasteiger partial charge in [0.15, 0.2) is 0 Å². The number of rotatable bonds is 4. The molecular weight excluding hydrogens is 326 g/mol. The first-order chi connectivity index (χ1) is 12.4. The van der Waals surface area contributed by atoms with Crippen LogP contribution in [0.2, 0.25) is 0 Å². The van der Waals surface area contributed by atoms with Crippen LogP contribution >= 0.6 is 0 Å². The molecule has 0 atom stereocenters.